The highest BCUT2D eigenvalue weighted by Crippen LogP contribution is 2.25. The van der Waals surface area contributed by atoms with Crippen LogP contribution < -0.4 is 10.2 Å². The molecule has 0 saturated carbocycles. The molecule has 1 aromatic heterocycles. The van der Waals surface area contributed by atoms with Crippen molar-refractivity contribution in [2.24, 2.45) is 5.92 Å². The number of hydrogen-bond donors (Lipinski definition) is 1. The zero-order valence-electron chi connectivity index (χ0n) is 11.7. The van der Waals surface area contributed by atoms with Gasteiger partial charge in [0.1, 0.15) is 0 Å². The minimum Gasteiger partial charge on any atom is -0.384 e. The van der Waals surface area contributed by atoms with E-state index in [2.05, 4.69) is 35.1 Å². The van der Waals surface area contributed by atoms with Crippen molar-refractivity contribution in [3.8, 4) is 0 Å². The Hall–Kier alpha value is -1.25. The number of nitrogens with zero attached hydrogens (tertiary/aromatic N) is 2. The zero-order chi connectivity index (χ0) is 12.8. The number of piperidine rings is 1. The lowest BCUT2D eigenvalue weighted by Crippen LogP contribution is -2.35. The Morgan fingerprint density at radius 1 is 1.39 bits per heavy atom. The van der Waals surface area contributed by atoms with Crippen LogP contribution in [0.4, 0.5) is 11.4 Å². The van der Waals surface area contributed by atoms with Gasteiger partial charge in [-0.1, -0.05) is 20.3 Å². The zero-order valence-corrected chi connectivity index (χ0v) is 11.7. The molecule has 1 aromatic rings. The number of hydrogen-bond acceptors (Lipinski definition) is 3. The maximum absolute atomic E-state index is 4.36. The van der Waals surface area contributed by atoms with E-state index in [0.29, 0.717) is 0 Å². The number of nitrogens with one attached hydrogen (secondary N) is 1. The number of aromatic nitrogens is 1. The van der Waals surface area contributed by atoms with Crippen LogP contribution in [-0.4, -0.2) is 24.6 Å². The lowest BCUT2D eigenvalue weighted by Gasteiger charge is -2.34. The first-order valence-corrected chi connectivity index (χ1v) is 7.27. The Bertz CT molecular complexity index is 365. The highest BCUT2D eigenvalue weighted by Gasteiger charge is 2.18. The summed E-state index contributed by atoms with van der Waals surface area (Å²) in [6.07, 6.45) is 9.04. The SMILES string of the molecule is CCCNc1cncc(N2CCCC(CC)C2)c1. The summed E-state index contributed by atoms with van der Waals surface area (Å²) < 4.78 is 0. The highest BCUT2D eigenvalue weighted by atomic mass is 15.1. The van der Waals surface area contributed by atoms with E-state index in [9.17, 15) is 0 Å². The van der Waals surface area contributed by atoms with Gasteiger partial charge in [-0.15, -0.1) is 0 Å². The monoisotopic (exact) mass is 247 g/mol. The van der Waals surface area contributed by atoms with Crippen LogP contribution in [0.1, 0.15) is 39.5 Å². The van der Waals surface area contributed by atoms with Crippen LogP contribution in [0, 0.1) is 5.92 Å². The summed E-state index contributed by atoms with van der Waals surface area (Å²) in [6.45, 7) is 7.86. The molecular formula is C15H25N3. The van der Waals surface area contributed by atoms with E-state index >= 15 is 0 Å². The lowest BCUT2D eigenvalue weighted by atomic mass is 9.95. The molecule has 2 heterocycles. The Kier molecular flexibility index (Phi) is 4.85. The van der Waals surface area contributed by atoms with Gasteiger partial charge < -0.3 is 10.2 Å². The highest BCUT2D eigenvalue weighted by molar-refractivity contribution is 5.55. The molecular weight excluding hydrogens is 222 g/mol. The summed E-state index contributed by atoms with van der Waals surface area (Å²) in [5.74, 6) is 0.853. The van der Waals surface area contributed by atoms with Crippen molar-refractivity contribution >= 4 is 11.4 Å². The summed E-state index contributed by atoms with van der Waals surface area (Å²) >= 11 is 0. The van der Waals surface area contributed by atoms with Crippen LogP contribution in [0.2, 0.25) is 0 Å². The molecule has 1 aliphatic heterocycles. The molecule has 3 heteroatoms. The van der Waals surface area contributed by atoms with E-state index < -0.39 is 0 Å². The summed E-state index contributed by atoms with van der Waals surface area (Å²) in [7, 11) is 0. The maximum atomic E-state index is 4.36. The number of pyridine rings is 1. The molecule has 0 amide bonds. The van der Waals surface area contributed by atoms with Crippen LogP contribution >= 0.6 is 0 Å². The minimum absolute atomic E-state index is 0.853. The van der Waals surface area contributed by atoms with Crippen LogP contribution in [0.3, 0.4) is 0 Å². The molecule has 1 N–H and O–H groups in total. The summed E-state index contributed by atoms with van der Waals surface area (Å²) in [5.41, 5.74) is 2.42. The summed E-state index contributed by atoms with van der Waals surface area (Å²) in [4.78, 5) is 6.85. The van der Waals surface area contributed by atoms with Crippen molar-refractivity contribution in [1.29, 1.82) is 0 Å². The minimum atomic E-state index is 0.853. The second-order valence-electron chi connectivity index (χ2n) is 5.22. The normalized spacial score (nSPS) is 19.9. The van der Waals surface area contributed by atoms with E-state index in [4.69, 9.17) is 0 Å². The molecule has 0 aromatic carbocycles. The van der Waals surface area contributed by atoms with Gasteiger partial charge in [-0.3, -0.25) is 4.98 Å². The summed E-state index contributed by atoms with van der Waals surface area (Å²) in [6, 6.07) is 2.24. The van der Waals surface area contributed by atoms with Crippen molar-refractivity contribution in [2.75, 3.05) is 29.9 Å². The fourth-order valence-corrected chi connectivity index (χ4v) is 2.60. The van der Waals surface area contributed by atoms with Crippen molar-refractivity contribution < 1.29 is 0 Å². The first-order chi connectivity index (χ1) is 8.83. The van der Waals surface area contributed by atoms with Crippen LogP contribution in [0.5, 0.6) is 0 Å². The molecule has 2 rings (SSSR count). The molecule has 1 saturated heterocycles. The molecule has 0 aliphatic carbocycles. The predicted octanol–water partition coefficient (Wildman–Crippen LogP) is 3.53. The molecule has 1 unspecified atom stereocenters. The van der Waals surface area contributed by atoms with E-state index in [1.165, 1.54) is 38.0 Å². The van der Waals surface area contributed by atoms with Gasteiger partial charge in [0.2, 0.25) is 0 Å². The van der Waals surface area contributed by atoms with Crippen LogP contribution in [0.15, 0.2) is 18.5 Å². The topological polar surface area (TPSA) is 28.2 Å². The summed E-state index contributed by atoms with van der Waals surface area (Å²) in [5, 5.41) is 3.41. The third-order valence-corrected chi connectivity index (χ3v) is 3.76. The second-order valence-corrected chi connectivity index (χ2v) is 5.22. The van der Waals surface area contributed by atoms with Crippen LogP contribution in [-0.2, 0) is 0 Å². The second kappa shape index (κ2) is 6.62. The molecule has 3 nitrogen and oxygen atoms in total. The first kappa shape index (κ1) is 13.2. The van der Waals surface area contributed by atoms with E-state index in [1.807, 2.05) is 12.4 Å². The van der Waals surface area contributed by atoms with Gasteiger partial charge in [0.05, 0.1) is 23.8 Å². The Morgan fingerprint density at radius 2 is 2.28 bits per heavy atom. The van der Waals surface area contributed by atoms with Gasteiger partial charge in [0.25, 0.3) is 0 Å². The average Bonchev–Trinajstić information content (AvgIpc) is 2.45. The quantitative estimate of drug-likeness (QED) is 0.862. The van der Waals surface area contributed by atoms with Crippen molar-refractivity contribution in [2.45, 2.75) is 39.5 Å². The third-order valence-electron chi connectivity index (χ3n) is 3.76. The average molecular weight is 247 g/mol. The van der Waals surface area contributed by atoms with Gasteiger partial charge in [0, 0.05) is 19.6 Å². The van der Waals surface area contributed by atoms with E-state index in [0.717, 1.165) is 24.6 Å². The molecule has 0 radical (unpaired) electrons. The molecule has 0 bridgehead atoms. The molecule has 100 valence electrons. The fourth-order valence-electron chi connectivity index (χ4n) is 2.60. The first-order valence-electron chi connectivity index (χ1n) is 7.27. The Morgan fingerprint density at radius 3 is 3.06 bits per heavy atom. The molecule has 18 heavy (non-hydrogen) atoms. The molecule has 0 spiro atoms. The maximum Gasteiger partial charge on any atom is 0.0573 e. The van der Waals surface area contributed by atoms with Crippen LogP contribution in [0.25, 0.3) is 0 Å². The molecule has 1 fully saturated rings. The van der Waals surface area contributed by atoms with Gasteiger partial charge >= 0.3 is 0 Å². The molecule has 1 aliphatic rings. The fraction of sp³-hybridized carbons (Fsp3) is 0.667. The van der Waals surface area contributed by atoms with E-state index in [1.54, 1.807) is 0 Å². The van der Waals surface area contributed by atoms with Crippen molar-refractivity contribution in [3.05, 3.63) is 18.5 Å². The van der Waals surface area contributed by atoms with Gasteiger partial charge in [-0.2, -0.15) is 0 Å². The largest absolute Gasteiger partial charge is 0.384 e. The third kappa shape index (κ3) is 3.37. The van der Waals surface area contributed by atoms with Gasteiger partial charge in [0.15, 0.2) is 0 Å². The number of anilines is 2. The molecule has 1 atom stereocenters. The Labute approximate surface area is 111 Å². The van der Waals surface area contributed by atoms with E-state index in [-0.39, 0.29) is 0 Å². The standard InChI is InChI=1S/C15H25N3/c1-3-7-17-14-9-15(11-16-10-14)18-8-5-6-13(4-2)12-18/h9-11,13,17H,3-8,12H2,1-2H3. The Balaban J connectivity index is 2.02. The number of rotatable bonds is 5. The predicted molar refractivity (Wildman–Crippen MR) is 78.2 cm³/mol. The smallest absolute Gasteiger partial charge is 0.0573 e. The van der Waals surface area contributed by atoms with Crippen molar-refractivity contribution in [3.63, 3.8) is 0 Å². The van der Waals surface area contributed by atoms with Crippen molar-refractivity contribution in [1.82, 2.24) is 4.98 Å². The van der Waals surface area contributed by atoms with Gasteiger partial charge in [-0.05, 0) is 31.2 Å². The van der Waals surface area contributed by atoms with Gasteiger partial charge in [-0.25, -0.2) is 0 Å². The lowest BCUT2D eigenvalue weighted by molar-refractivity contribution is 0.404.